The van der Waals surface area contributed by atoms with Crippen molar-refractivity contribution >= 4 is 37.7 Å². The zero-order chi connectivity index (χ0) is 2.71. The van der Waals surface area contributed by atoms with Gasteiger partial charge in [0.1, 0.15) is 0 Å². The molecule has 1 nitrogen and oxygen atoms in total. The van der Waals surface area contributed by atoms with E-state index in [1.165, 1.54) is 0 Å². The van der Waals surface area contributed by atoms with Crippen LogP contribution >= 0.6 is 0 Å². The number of hydrogen-bond acceptors (Lipinski definition) is 1. The first kappa shape index (κ1) is 23.4. The van der Waals surface area contributed by atoms with E-state index in [1.807, 2.05) is 0 Å². The standard InChI is InChI=1S/C2H6O.Ca.2HI/c1-2-3;;;/h3H,2H2,1H3;;2*1H/q;+2;;/p-2. The summed E-state index contributed by atoms with van der Waals surface area (Å²) in [5.41, 5.74) is 0. The van der Waals surface area contributed by atoms with Crippen molar-refractivity contribution in [3.05, 3.63) is 0 Å². The molecule has 1 N–H and O–H groups in total. The van der Waals surface area contributed by atoms with Crippen molar-refractivity contribution in [2.45, 2.75) is 6.92 Å². The van der Waals surface area contributed by atoms with Crippen LogP contribution < -0.4 is 48.0 Å². The number of rotatable bonds is 0. The first-order chi connectivity index (χ1) is 1.41. The van der Waals surface area contributed by atoms with Crippen LogP contribution in [0.4, 0.5) is 0 Å². The Balaban J connectivity index is -0.00000000667. The second-order valence-electron chi connectivity index (χ2n) is 0.316. The van der Waals surface area contributed by atoms with Crippen molar-refractivity contribution in [3.63, 3.8) is 0 Å². The minimum Gasteiger partial charge on any atom is -1.00 e. The molecule has 6 heavy (non-hydrogen) atoms. The maximum Gasteiger partial charge on any atom is 2.00 e. The molecule has 0 fully saturated rings. The summed E-state index contributed by atoms with van der Waals surface area (Å²) in [5.74, 6) is 0. The SMILES string of the molecule is CCO.[Ca+2].[I-].[I-]. The fourth-order valence-corrected chi connectivity index (χ4v) is 0. The predicted octanol–water partition coefficient (Wildman–Crippen LogP) is -6.37. The molecule has 0 saturated heterocycles. The van der Waals surface area contributed by atoms with Gasteiger partial charge in [-0.3, -0.25) is 0 Å². The van der Waals surface area contributed by atoms with Gasteiger partial charge in [-0.25, -0.2) is 0 Å². The fourth-order valence-electron chi connectivity index (χ4n) is 0. The largest absolute Gasteiger partial charge is 2.00 e. The van der Waals surface area contributed by atoms with Crippen molar-refractivity contribution in [2.24, 2.45) is 0 Å². The summed E-state index contributed by atoms with van der Waals surface area (Å²) < 4.78 is 0. The van der Waals surface area contributed by atoms with Gasteiger partial charge in [0.15, 0.2) is 0 Å². The van der Waals surface area contributed by atoms with E-state index in [-0.39, 0.29) is 92.3 Å². The van der Waals surface area contributed by atoms with Crippen molar-refractivity contribution in [2.75, 3.05) is 6.61 Å². The van der Waals surface area contributed by atoms with E-state index < -0.39 is 0 Å². The maximum absolute atomic E-state index is 7.57. The van der Waals surface area contributed by atoms with Gasteiger partial charge in [-0.15, -0.1) is 0 Å². The van der Waals surface area contributed by atoms with E-state index >= 15 is 0 Å². The molecule has 0 heterocycles. The first-order valence-electron chi connectivity index (χ1n) is 1.02. The number of aliphatic hydroxyl groups is 1. The van der Waals surface area contributed by atoms with Gasteiger partial charge >= 0.3 is 37.7 Å². The van der Waals surface area contributed by atoms with Crippen LogP contribution in [0, 0.1) is 0 Å². The Hall–Kier alpha value is 2.68. The van der Waals surface area contributed by atoms with Crippen molar-refractivity contribution in [1.82, 2.24) is 0 Å². The molecule has 0 radical (unpaired) electrons. The zero-order valence-electron chi connectivity index (χ0n) is 3.62. The molecule has 0 saturated carbocycles. The minimum absolute atomic E-state index is 0. The molecular weight excluding hydrogens is 334 g/mol. The summed E-state index contributed by atoms with van der Waals surface area (Å²) >= 11 is 0. The molecule has 0 unspecified atom stereocenters. The van der Waals surface area contributed by atoms with Crippen molar-refractivity contribution in [3.8, 4) is 0 Å². The molecule has 0 atom stereocenters. The topological polar surface area (TPSA) is 20.2 Å². The third-order valence-corrected chi connectivity index (χ3v) is 0. The van der Waals surface area contributed by atoms with Gasteiger partial charge in [0, 0.05) is 6.61 Å². The molecule has 0 aromatic heterocycles. The number of halogens is 2. The molecule has 0 amide bonds. The Kier molecular flexibility index (Phi) is 98.6. The Morgan fingerprint density at radius 2 is 1.33 bits per heavy atom. The van der Waals surface area contributed by atoms with E-state index in [9.17, 15) is 0 Å². The molecule has 0 aromatic rings. The third kappa shape index (κ3) is 30.0. The van der Waals surface area contributed by atoms with E-state index in [0.29, 0.717) is 0 Å². The molecule has 0 aliphatic heterocycles. The second-order valence-corrected chi connectivity index (χ2v) is 0.316. The zero-order valence-corrected chi connectivity index (χ0v) is 10.1. The van der Waals surface area contributed by atoms with Crippen LogP contribution in [0.3, 0.4) is 0 Å². The van der Waals surface area contributed by atoms with Gasteiger partial charge < -0.3 is 53.1 Å². The van der Waals surface area contributed by atoms with Gasteiger partial charge in [-0.1, -0.05) is 0 Å². The molecule has 0 bridgehead atoms. The minimum atomic E-state index is 0. The van der Waals surface area contributed by atoms with E-state index in [2.05, 4.69) is 0 Å². The van der Waals surface area contributed by atoms with Crippen LogP contribution in [0.2, 0.25) is 0 Å². The summed E-state index contributed by atoms with van der Waals surface area (Å²) in [6.45, 7) is 1.93. The number of aliphatic hydroxyl groups excluding tert-OH is 1. The Labute approximate surface area is 102 Å². The van der Waals surface area contributed by atoms with Gasteiger partial charge in [-0.2, -0.15) is 0 Å². The average molecular weight is 340 g/mol. The molecular formula is C2H6CaI2O. The third-order valence-electron chi connectivity index (χ3n) is 0. The monoisotopic (exact) mass is 340 g/mol. The van der Waals surface area contributed by atoms with E-state index in [1.54, 1.807) is 6.92 Å². The smallest absolute Gasteiger partial charge is 1.00 e. The van der Waals surface area contributed by atoms with Crippen LogP contribution in [0.15, 0.2) is 0 Å². The Morgan fingerprint density at radius 1 is 1.33 bits per heavy atom. The van der Waals surface area contributed by atoms with E-state index in [0.717, 1.165) is 0 Å². The van der Waals surface area contributed by atoms with Gasteiger partial charge in [0.25, 0.3) is 0 Å². The fraction of sp³-hybridized carbons (Fsp3) is 1.00. The number of hydrogen-bond donors (Lipinski definition) is 1. The summed E-state index contributed by atoms with van der Waals surface area (Å²) in [6.07, 6.45) is 0. The summed E-state index contributed by atoms with van der Waals surface area (Å²) in [4.78, 5) is 0. The van der Waals surface area contributed by atoms with Crippen molar-refractivity contribution in [1.29, 1.82) is 0 Å². The second kappa shape index (κ2) is 25.3. The molecule has 0 aliphatic carbocycles. The quantitative estimate of drug-likeness (QED) is 0.344. The first-order valence-corrected chi connectivity index (χ1v) is 1.02. The summed E-state index contributed by atoms with van der Waals surface area (Å²) in [5, 5.41) is 7.57. The Bertz CT molecular complexity index is 11.5. The predicted molar refractivity (Wildman–Crippen MR) is 18.5 cm³/mol. The van der Waals surface area contributed by atoms with Crippen LogP contribution in [0.25, 0.3) is 0 Å². The van der Waals surface area contributed by atoms with Crippen LogP contribution in [0.5, 0.6) is 0 Å². The van der Waals surface area contributed by atoms with E-state index in [4.69, 9.17) is 5.11 Å². The molecule has 0 aromatic carbocycles. The van der Waals surface area contributed by atoms with Gasteiger partial charge in [-0.05, 0) is 6.92 Å². The molecule has 0 aliphatic rings. The van der Waals surface area contributed by atoms with Crippen molar-refractivity contribution < 1.29 is 53.1 Å². The average Bonchev–Trinajstić information content (AvgIpc) is 0.918. The molecule has 36 valence electrons. The van der Waals surface area contributed by atoms with Crippen LogP contribution in [-0.2, 0) is 0 Å². The normalized spacial score (nSPS) is 3.00. The Morgan fingerprint density at radius 3 is 1.33 bits per heavy atom. The maximum atomic E-state index is 7.57. The molecule has 0 spiro atoms. The molecule has 4 heteroatoms. The van der Waals surface area contributed by atoms with Crippen LogP contribution in [-0.4, -0.2) is 49.5 Å². The molecule has 0 rings (SSSR count). The summed E-state index contributed by atoms with van der Waals surface area (Å²) in [7, 11) is 0. The van der Waals surface area contributed by atoms with Crippen LogP contribution in [0.1, 0.15) is 6.92 Å². The van der Waals surface area contributed by atoms with Gasteiger partial charge in [0.2, 0.25) is 0 Å². The summed E-state index contributed by atoms with van der Waals surface area (Å²) in [6, 6.07) is 0. The van der Waals surface area contributed by atoms with Gasteiger partial charge in [0.05, 0.1) is 0 Å².